The number of nitrogens with one attached hydrogen (secondary N) is 1. The summed E-state index contributed by atoms with van der Waals surface area (Å²) in [5.74, 6) is 0.328. The highest BCUT2D eigenvalue weighted by atomic mass is 35.5. The molecule has 1 N–H and O–H groups in total. The lowest BCUT2D eigenvalue weighted by atomic mass is 9.93. The Kier molecular flexibility index (Phi) is 5.94. The summed E-state index contributed by atoms with van der Waals surface area (Å²) in [6, 6.07) is 17.5. The predicted octanol–water partition coefficient (Wildman–Crippen LogP) is 6.00. The minimum absolute atomic E-state index is 0.238. The number of methoxy groups -OCH3 is 1. The van der Waals surface area contributed by atoms with Crippen LogP contribution < -0.4 is 10.1 Å². The smallest absolute Gasteiger partial charge is 0.248 e. The first-order valence-electron chi connectivity index (χ1n) is 10.4. The van der Waals surface area contributed by atoms with Gasteiger partial charge in [-0.25, -0.2) is 4.98 Å². The minimum Gasteiger partial charge on any atom is -0.495 e. The summed E-state index contributed by atoms with van der Waals surface area (Å²) in [6.45, 7) is 0.725. The van der Waals surface area contributed by atoms with Crippen molar-refractivity contribution < 1.29 is 9.53 Å². The molecule has 0 radical (unpaired) electrons. The molecule has 1 aliphatic rings. The second-order valence-electron chi connectivity index (χ2n) is 7.60. The summed E-state index contributed by atoms with van der Waals surface area (Å²) >= 11 is 7.80. The lowest BCUT2D eigenvalue weighted by molar-refractivity contribution is -0.111. The minimum atomic E-state index is -0.238. The molecule has 0 aliphatic carbocycles. The number of hydrogen-bond acceptors (Lipinski definition) is 5. The standard InChI is InChI=1S/C26H20ClN3O2S/c1-32-23-13-18(26-20-14-19(27)6-4-17(20)10-11-28-26)5-8-21(23)30-25(31)9-3-16-2-7-22-24(12-16)33-15-29-22/h2-9,12-15H,10-11H2,1H3,(H,30,31)/b9-3+. The maximum atomic E-state index is 12.6. The van der Waals surface area contributed by atoms with Gasteiger partial charge in [-0.1, -0.05) is 29.8 Å². The molecule has 164 valence electrons. The van der Waals surface area contributed by atoms with Crippen molar-refractivity contribution in [1.29, 1.82) is 0 Å². The number of thiazole rings is 1. The number of carbonyl (C=O) groups is 1. The van der Waals surface area contributed by atoms with Gasteiger partial charge in [0.1, 0.15) is 5.75 Å². The average molecular weight is 474 g/mol. The molecule has 0 atom stereocenters. The number of benzene rings is 3. The number of amides is 1. The van der Waals surface area contributed by atoms with Crippen molar-refractivity contribution in [1.82, 2.24) is 4.98 Å². The van der Waals surface area contributed by atoms with Gasteiger partial charge in [-0.3, -0.25) is 9.79 Å². The zero-order valence-corrected chi connectivity index (χ0v) is 19.4. The van der Waals surface area contributed by atoms with E-state index in [1.165, 1.54) is 11.6 Å². The molecule has 0 unspecified atom stereocenters. The number of ether oxygens (including phenoxy) is 1. The van der Waals surface area contributed by atoms with Crippen LogP contribution in [0.1, 0.15) is 22.3 Å². The number of aliphatic imine (C=N–C) groups is 1. The zero-order valence-electron chi connectivity index (χ0n) is 17.8. The molecule has 7 heteroatoms. The number of halogens is 1. The normalized spacial score (nSPS) is 13.1. The van der Waals surface area contributed by atoms with Crippen LogP contribution in [0.25, 0.3) is 16.3 Å². The lowest BCUT2D eigenvalue weighted by Crippen LogP contribution is -2.15. The first kappa shape index (κ1) is 21.4. The maximum Gasteiger partial charge on any atom is 0.248 e. The van der Waals surface area contributed by atoms with E-state index in [2.05, 4.69) is 16.4 Å². The van der Waals surface area contributed by atoms with Crippen molar-refractivity contribution >= 4 is 56.5 Å². The van der Waals surface area contributed by atoms with Gasteiger partial charge in [-0.05, 0) is 60.0 Å². The summed E-state index contributed by atoms with van der Waals surface area (Å²) < 4.78 is 6.65. The molecule has 0 saturated heterocycles. The van der Waals surface area contributed by atoms with Gasteiger partial charge < -0.3 is 10.1 Å². The van der Waals surface area contributed by atoms with Gasteiger partial charge in [-0.2, -0.15) is 0 Å². The van der Waals surface area contributed by atoms with E-state index >= 15 is 0 Å². The fourth-order valence-electron chi connectivity index (χ4n) is 3.87. The molecule has 0 fully saturated rings. The number of hydrogen-bond donors (Lipinski definition) is 1. The molecule has 1 amide bonds. The number of fused-ring (bicyclic) bond motifs is 2. The Balaban J connectivity index is 1.36. The molecule has 33 heavy (non-hydrogen) atoms. The Morgan fingerprint density at radius 1 is 1.15 bits per heavy atom. The van der Waals surface area contributed by atoms with Crippen LogP contribution in [0.4, 0.5) is 5.69 Å². The van der Waals surface area contributed by atoms with Gasteiger partial charge in [0.25, 0.3) is 0 Å². The number of aromatic nitrogens is 1. The summed E-state index contributed by atoms with van der Waals surface area (Å²) in [4.78, 5) is 21.6. The average Bonchev–Trinajstić information content (AvgIpc) is 3.30. The second kappa shape index (κ2) is 9.17. The molecular weight excluding hydrogens is 454 g/mol. The van der Waals surface area contributed by atoms with E-state index in [0.29, 0.717) is 16.5 Å². The third-order valence-electron chi connectivity index (χ3n) is 5.49. The Labute approximate surface area is 200 Å². The Hall–Kier alpha value is -3.48. The molecule has 1 aliphatic heterocycles. The van der Waals surface area contributed by atoms with Crippen LogP contribution in [-0.4, -0.2) is 30.3 Å². The Morgan fingerprint density at radius 3 is 2.94 bits per heavy atom. The third kappa shape index (κ3) is 4.53. The van der Waals surface area contributed by atoms with Crippen LogP contribution in [0.15, 0.2) is 71.2 Å². The summed E-state index contributed by atoms with van der Waals surface area (Å²) in [5, 5.41) is 3.58. The summed E-state index contributed by atoms with van der Waals surface area (Å²) in [7, 11) is 1.59. The van der Waals surface area contributed by atoms with Crippen molar-refractivity contribution in [3.8, 4) is 5.75 Å². The highest BCUT2D eigenvalue weighted by molar-refractivity contribution is 7.16. The van der Waals surface area contributed by atoms with Gasteiger partial charge >= 0.3 is 0 Å². The Morgan fingerprint density at radius 2 is 2.06 bits per heavy atom. The van der Waals surface area contributed by atoms with Crippen LogP contribution in [0.2, 0.25) is 5.02 Å². The SMILES string of the molecule is COc1cc(C2=NCCc3ccc(Cl)cc32)ccc1NC(=O)/C=C/c1ccc2ncsc2c1. The van der Waals surface area contributed by atoms with Gasteiger partial charge in [0, 0.05) is 28.8 Å². The van der Waals surface area contributed by atoms with Crippen molar-refractivity contribution in [3.63, 3.8) is 0 Å². The van der Waals surface area contributed by atoms with E-state index < -0.39 is 0 Å². The molecule has 3 aromatic carbocycles. The number of rotatable bonds is 5. The molecule has 5 nitrogen and oxygen atoms in total. The monoisotopic (exact) mass is 473 g/mol. The third-order valence-corrected chi connectivity index (χ3v) is 6.52. The Bertz CT molecular complexity index is 1420. The maximum absolute atomic E-state index is 12.6. The molecule has 4 aromatic rings. The number of nitrogens with zero attached hydrogens (tertiary/aromatic N) is 2. The zero-order chi connectivity index (χ0) is 22.8. The molecule has 0 spiro atoms. The highest BCUT2D eigenvalue weighted by Crippen LogP contribution is 2.30. The van der Waals surface area contributed by atoms with Crippen LogP contribution in [-0.2, 0) is 11.2 Å². The molecular formula is C26H20ClN3O2S. The van der Waals surface area contributed by atoms with Crippen LogP contribution in [0.5, 0.6) is 5.75 Å². The van der Waals surface area contributed by atoms with Crippen LogP contribution in [0, 0.1) is 0 Å². The predicted molar refractivity (Wildman–Crippen MR) is 136 cm³/mol. The molecule has 2 heterocycles. The van der Waals surface area contributed by atoms with Crippen molar-refractivity contribution in [2.24, 2.45) is 4.99 Å². The van der Waals surface area contributed by atoms with E-state index in [4.69, 9.17) is 21.3 Å². The van der Waals surface area contributed by atoms with Gasteiger partial charge in [0.05, 0.1) is 34.2 Å². The largest absolute Gasteiger partial charge is 0.495 e. The lowest BCUT2D eigenvalue weighted by Gasteiger charge is -2.19. The first-order valence-corrected chi connectivity index (χ1v) is 11.7. The van der Waals surface area contributed by atoms with Crippen LogP contribution >= 0.6 is 22.9 Å². The molecule has 0 bridgehead atoms. The van der Waals surface area contributed by atoms with E-state index in [0.717, 1.165) is 45.6 Å². The summed E-state index contributed by atoms with van der Waals surface area (Å²) in [5.41, 5.74) is 8.37. The topological polar surface area (TPSA) is 63.6 Å². The van der Waals surface area contributed by atoms with Gasteiger partial charge in [0.2, 0.25) is 5.91 Å². The van der Waals surface area contributed by atoms with E-state index in [9.17, 15) is 4.79 Å². The number of carbonyl (C=O) groups excluding carboxylic acids is 1. The van der Waals surface area contributed by atoms with Crippen LogP contribution in [0.3, 0.4) is 0 Å². The van der Waals surface area contributed by atoms with E-state index in [-0.39, 0.29) is 5.91 Å². The van der Waals surface area contributed by atoms with E-state index in [1.807, 2.05) is 54.0 Å². The van der Waals surface area contributed by atoms with Crippen molar-refractivity contribution in [2.45, 2.75) is 6.42 Å². The first-order chi connectivity index (χ1) is 16.1. The van der Waals surface area contributed by atoms with E-state index in [1.54, 1.807) is 24.5 Å². The molecule has 1 aromatic heterocycles. The molecule has 5 rings (SSSR count). The quantitative estimate of drug-likeness (QED) is 0.361. The highest BCUT2D eigenvalue weighted by Gasteiger charge is 2.18. The van der Waals surface area contributed by atoms with Crippen molar-refractivity contribution in [3.05, 3.63) is 93.5 Å². The fourth-order valence-corrected chi connectivity index (χ4v) is 4.77. The van der Waals surface area contributed by atoms with Gasteiger partial charge in [0.15, 0.2) is 0 Å². The number of anilines is 1. The van der Waals surface area contributed by atoms with Crippen molar-refractivity contribution in [2.75, 3.05) is 19.0 Å². The summed E-state index contributed by atoms with van der Waals surface area (Å²) in [6.07, 6.45) is 4.19. The molecule has 0 saturated carbocycles. The fraction of sp³-hybridized carbons (Fsp3) is 0.115. The second-order valence-corrected chi connectivity index (χ2v) is 8.92. The van der Waals surface area contributed by atoms with Gasteiger partial charge in [-0.15, -0.1) is 11.3 Å².